The summed E-state index contributed by atoms with van der Waals surface area (Å²) in [5.41, 5.74) is 5.30. The van der Waals surface area contributed by atoms with Gasteiger partial charge in [0.05, 0.1) is 11.3 Å². The summed E-state index contributed by atoms with van der Waals surface area (Å²) in [4.78, 5) is 16.4. The Bertz CT molecular complexity index is 1380. The number of anilines is 1. The number of Topliss-reactive ketones (excluding diaryl/α,β-unsaturated/α-hetero) is 1. The summed E-state index contributed by atoms with van der Waals surface area (Å²) >= 11 is 0. The van der Waals surface area contributed by atoms with E-state index in [9.17, 15) is 4.79 Å². The molecular weight excluding hydrogens is 453 g/mol. The van der Waals surface area contributed by atoms with E-state index in [4.69, 9.17) is 4.74 Å². The van der Waals surface area contributed by atoms with Crippen LogP contribution in [0.1, 0.15) is 41.5 Å². The van der Waals surface area contributed by atoms with Crippen molar-refractivity contribution in [1.29, 1.82) is 0 Å². The first-order valence-electron chi connectivity index (χ1n) is 12.9. The minimum Gasteiger partial charge on any atom is -0.439 e. The molecule has 1 aliphatic carbocycles. The van der Waals surface area contributed by atoms with Crippen LogP contribution in [0.15, 0.2) is 120 Å². The highest BCUT2D eigenvalue weighted by Gasteiger charge is 2.42. The molecule has 3 nitrogen and oxygen atoms in total. The van der Waals surface area contributed by atoms with Crippen LogP contribution < -0.4 is 20.5 Å². The number of fused-ring (bicyclic) bond motifs is 1. The third kappa shape index (κ3) is 4.69. The Morgan fingerprint density at radius 2 is 1.22 bits per heavy atom. The monoisotopic (exact) mass is 487 g/mol. The Labute approximate surface area is 221 Å². The van der Waals surface area contributed by atoms with Crippen LogP contribution in [-0.4, -0.2) is 12.6 Å². The topological polar surface area (TPSA) is 29.5 Å². The van der Waals surface area contributed by atoms with Crippen molar-refractivity contribution in [3.8, 4) is 5.75 Å². The van der Waals surface area contributed by atoms with Gasteiger partial charge in [0.1, 0.15) is 0 Å². The highest BCUT2D eigenvalue weighted by molar-refractivity contribution is 6.88. The number of hydrogen-bond acceptors (Lipinski definition) is 3. The molecule has 0 aromatic heterocycles. The Morgan fingerprint density at radius 3 is 1.76 bits per heavy atom. The van der Waals surface area contributed by atoms with Gasteiger partial charge in [-0.1, -0.05) is 131 Å². The maximum Gasteiger partial charge on any atom is 0.331 e. The van der Waals surface area contributed by atoms with Gasteiger partial charge >= 0.3 is 6.85 Å². The summed E-state index contributed by atoms with van der Waals surface area (Å²) in [6.07, 6.45) is 4.13. The van der Waals surface area contributed by atoms with Crippen LogP contribution in [0, 0.1) is 10.8 Å². The standard InChI is InChI=1S/C33H34BNO2/c1-32(2,3)23-21-26(30(36)27(22-23)33(4,5)6)31-35(28-19-13-14-20-29(28)37-31)34(24-15-9-7-10-16-24)25-17-11-8-12-18-25/h7-22H,1-6H3. The lowest BCUT2D eigenvalue weighted by atomic mass is 9.49. The Balaban J connectivity index is 1.80. The number of ether oxygens (including phenoxy) is 1. The second-order valence-electron chi connectivity index (χ2n) is 11.9. The van der Waals surface area contributed by atoms with E-state index < -0.39 is 0 Å². The summed E-state index contributed by atoms with van der Waals surface area (Å²) < 4.78 is 6.59. The molecule has 3 aromatic rings. The van der Waals surface area contributed by atoms with E-state index in [1.54, 1.807) is 0 Å². The molecule has 2 aliphatic rings. The minimum atomic E-state index is -0.303. The van der Waals surface area contributed by atoms with Gasteiger partial charge in [-0.2, -0.15) is 0 Å². The number of ketones is 1. The molecule has 0 saturated heterocycles. The van der Waals surface area contributed by atoms with Crippen LogP contribution in [0.4, 0.5) is 5.69 Å². The van der Waals surface area contributed by atoms with Crippen LogP contribution in [0.5, 0.6) is 5.75 Å². The van der Waals surface area contributed by atoms with Crippen molar-refractivity contribution in [2.45, 2.75) is 41.5 Å². The zero-order valence-electron chi connectivity index (χ0n) is 22.6. The highest BCUT2D eigenvalue weighted by Crippen LogP contribution is 2.44. The van der Waals surface area contributed by atoms with Crippen molar-refractivity contribution in [2.75, 3.05) is 4.81 Å². The van der Waals surface area contributed by atoms with Gasteiger partial charge in [-0.3, -0.25) is 4.79 Å². The van der Waals surface area contributed by atoms with Gasteiger partial charge in [0.25, 0.3) is 0 Å². The third-order valence-electron chi connectivity index (χ3n) is 7.03. The predicted octanol–water partition coefficient (Wildman–Crippen LogP) is 6.43. The summed E-state index contributed by atoms with van der Waals surface area (Å²) in [6, 6.07) is 28.9. The largest absolute Gasteiger partial charge is 0.439 e. The lowest BCUT2D eigenvalue weighted by molar-refractivity contribution is -0.113. The average molecular weight is 487 g/mol. The van der Waals surface area contributed by atoms with Crippen LogP contribution in [0.25, 0.3) is 0 Å². The number of carbonyl (C=O) groups is 1. The van der Waals surface area contributed by atoms with Gasteiger partial charge in [0.2, 0.25) is 0 Å². The number of allylic oxidation sites excluding steroid dienone is 5. The maximum absolute atomic E-state index is 14.1. The van der Waals surface area contributed by atoms with E-state index in [-0.39, 0.29) is 23.5 Å². The van der Waals surface area contributed by atoms with Gasteiger partial charge in [-0.05, 0) is 34.6 Å². The number of nitrogens with zero attached hydrogens (tertiary/aromatic N) is 1. The van der Waals surface area contributed by atoms with Gasteiger partial charge < -0.3 is 9.55 Å². The molecule has 0 N–H and O–H groups in total. The van der Waals surface area contributed by atoms with Crippen LogP contribution in [-0.2, 0) is 4.79 Å². The second-order valence-corrected chi connectivity index (χ2v) is 11.9. The molecule has 1 aliphatic heterocycles. The van der Waals surface area contributed by atoms with E-state index in [1.165, 1.54) is 0 Å². The fourth-order valence-corrected chi connectivity index (χ4v) is 4.99. The highest BCUT2D eigenvalue weighted by atomic mass is 16.5. The fraction of sp³-hybridized carbons (Fsp3) is 0.242. The first kappa shape index (κ1) is 24.9. The Morgan fingerprint density at radius 1 is 0.676 bits per heavy atom. The van der Waals surface area contributed by atoms with Crippen molar-refractivity contribution >= 4 is 29.2 Å². The number of para-hydroxylation sites is 2. The zero-order chi connectivity index (χ0) is 26.4. The molecule has 0 unspecified atom stereocenters. The molecule has 0 radical (unpaired) electrons. The van der Waals surface area contributed by atoms with Crippen LogP contribution >= 0.6 is 0 Å². The van der Waals surface area contributed by atoms with E-state index in [1.807, 2.05) is 36.4 Å². The molecule has 0 spiro atoms. The Hall–Kier alpha value is -3.79. The molecule has 0 amide bonds. The number of carbonyl (C=O) groups excluding carboxylic acids is 1. The molecule has 0 atom stereocenters. The van der Waals surface area contributed by atoms with Crippen LogP contribution in [0.2, 0.25) is 0 Å². The van der Waals surface area contributed by atoms with Crippen molar-refractivity contribution in [2.24, 2.45) is 10.8 Å². The molecular formula is C33H34BNO2. The number of rotatable bonds is 3. The quantitative estimate of drug-likeness (QED) is 0.315. The first-order chi connectivity index (χ1) is 17.6. The van der Waals surface area contributed by atoms with Crippen LogP contribution in [0.3, 0.4) is 0 Å². The van der Waals surface area contributed by atoms with Gasteiger partial charge in [0, 0.05) is 5.57 Å². The molecule has 3 aromatic carbocycles. The lowest BCUT2D eigenvalue weighted by Gasteiger charge is -2.33. The molecule has 4 heteroatoms. The minimum absolute atomic E-state index is 0.0215. The summed E-state index contributed by atoms with van der Waals surface area (Å²) in [6.45, 7) is 12.7. The first-order valence-corrected chi connectivity index (χ1v) is 12.9. The second kappa shape index (κ2) is 9.26. The average Bonchev–Trinajstić information content (AvgIpc) is 3.23. The van der Waals surface area contributed by atoms with E-state index in [0.717, 1.165) is 33.5 Å². The van der Waals surface area contributed by atoms with Crippen molar-refractivity contribution in [3.63, 3.8) is 0 Å². The summed E-state index contributed by atoms with van der Waals surface area (Å²) in [5.74, 6) is 1.36. The predicted molar refractivity (Wildman–Crippen MR) is 155 cm³/mol. The molecule has 0 bridgehead atoms. The van der Waals surface area contributed by atoms with Gasteiger partial charge in [-0.25, -0.2) is 0 Å². The number of hydrogen-bond donors (Lipinski definition) is 0. The van der Waals surface area contributed by atoms with Crippen molar-refractivity contribution < 1.29 is 9.53 Å². The van der Waals surface area contributed by atoms with Crippen molar-refractivity contribution in [3.05, 3.63) is 120 Å². The Kier molecular flexibility index (Phi) is 6.23. The van der Waals surface area contributed by atoms with Gasteiger partial charge in [-0.15, -0.1) is 0 Å². The van der Waals surface area contributed by atoms with E-state index >= 15 is 0 Å². The maximum atomic E-state index is 14.1. The SMILES string of the molecule is CC(C)(C)C1=CC(=C2Oc3ccccc3N2B(c2ccccc2)c2ccccc2)C(=O)C(C(C)(C)C)=C1. The molecule has 1 heterocycles. The molecule has 0 saturated carbocycles. The van der Waals surface area contributed by atoms with E-state index in [0.29, 0.717) is 11.5 Å². The normalized spacial score (nSPS) is 17.7. The molecule has 5 rings (SSSR count). The lowest BCUT2D eigenvalue weighted by Crippen LogP contribution is -2.56. The molecule has 37 heavy (non-hydrogen) atoms. The molecule has 0 fully saturated rings. The van der Waals surface area contributed by atoms with Crippen molar-refractivity contribution in [1.82, 2.24) is 0 Å². The van der Waals surface area contributed by atoms with E-state index in [2.05, 4.69) is 107 Å². The smallest absolute Gasteiger partial charge is 0.331 e. The number of benzene rings is 3. The van der Waals surface area contributed by atoms with Gasteiger partial charge in [0.15, 0.2) is 17.4 Å². The summed E-state index contributed by atoms with van der Waals surface area (Å²) in [7, 11) is 0. The molecule has 186 valence electrons. The zero-order valence-corrected chi connectivity index (χ0v) is 22.6. The summed E-state index contributed by atoms with van der Waals surface area (Å²) in [5, 5.41) is 0. The third-order valence-corrected chi connectivity index (χ3v) is 7.03. The fourth-order valence-electron chi connectivity index (χ4n) is 4.99.